The summed E-state index contributed by atoms with van der Waals surface area (Å²) in [5, 5.41) is 11.4. The fourth-order valence-corrected chi connectivity index (χ4v) is 4.28. The lowest BCUT2D eigenvalue weighted by Crippen LogP contribution is -2.35. The van der Waals surface area contributed by atoms with Crippen molar-refractivity contribution >= 4 is 23.4 Å². The van der Waals surface area contributed by atoms with Crippen LogP contribution in [0.25, 0.3) is 5.76 Å². The number of carbonyl (C=O) groups is 3. The Hall–Kier alpha value is -3.59. The number of carbonyl (C=O) groups excluding carboxylic acids is 3. The molecule has 0 spiro atoms. The van der Waals surface area contributed by atoms with Gasteiger partial charge < -0.3 is 29.4 Å². The molecule has 0 radical (unpaired) electrons. The number of nitrogens with one attached hydrogen (secondary N) is 1. The Balaban J connectivity index is 2.16. The van der Waals surface area contributed by atoms with Crippen molar-refractivity contribution < 1.29 is 29.0 Å². The maximum Gasteiger partial charge on any atom is 0.354 e. The van der Waals surface area contributed by atoms with Crippen LogP contribution in [0.1, 0.15) is 52.3 Å². The van der Waals surface area contributed by atoms with Gasteiger partial charge in [-0.15, -0.1) is 0 Å². The lowest BCUT2D eigenvalue weighted by atomic mass is 9.94. The number of H-pyrrole nitrogens is 1. The molecule has 0 unspecified atom stereocenters. The Kier molecular flexibility index (Phi) is 8.01. The first-order valence-electron chi connectivity index (χ1n) is 11.6. The zero-order valence-corrected chi connectivity index (χ0v) is 21.1. The van der Waals surface area contributed by atoms with Crippen LogP contribution in [0.15, 0.2) is 29.8 Å². The molecule has 1 aliphatic heterocycles. The van der Waals surface area contributed by atoms with Crippen molar-refractivity contribution in [3.05, 3.63) is 57.9 Å². The molecule has 3 rings (SSSR count). The molecule has 188 valence electrons. The molecule has 0 aliphatic carbocycles. The number of aromatic amines is 1. The molecule has 2 N–H and O–H groups in total. The van der Waals surface area contributed by atoms with E-state index >= 15 is 0 Å². The van der Waals surface area contributed by atoms with Crippen LogP contribution >= 0.6 is 0 Å². The van der Waals surface area contributed by atoms with E-state index in [9.17, 15) is 19.5 Å². The molecule has 35 heavy (non-hydrogen) atoms. The van der Waals surface area contributed by atoms with E-state index in [-0.39, 0.29) is 17.0 Å². The molecular weight excluding hydrogens is 450 g/mol. The van der Waals surface area contributed by atoms with E-state index in [0.717, 1.165) is 6.42 Å². The van der Waals surface area contributed by atoms with Crippen molar-refractivity contribution in [3.8, 4) is 5.75 Å². The van der Waals surface area contributed by atoms with Gasteiger partial charge in [0.1, 0.15) is 17.2 Å². The second-order valence-electron chi connectivity index (χ2n) is 8.83. The number of esters is 1. The number of aliphatic hydroxyl groups excluding tert-OH is 1. The first-order chi connectivity index (χ1) is 16.6. The number of benzene rings is 1. The number of likely N-dealkylation sites (N-methyl/N-ethyl adjacent to an activating group) is 1. The number of aryl methyl sites for hydroxylation is 1. The summed E-state index contributed by atoms with van der Waals surface area (Å²) in [5.74, 6) is -1.68. The van der Waals surface area contributed by atoms with Gasteiger partial charge in [-0.2, -0.15) is 0 Å². The third kappa shape index (κ3) is 5.09. The predicted octanol–water partition coefficient (Wildman–Crippen LogP) is 3.19. The Bertz CT molecular complexity index is 1150. The number of ether oxygens (including phenoxy) is 2. The van der Waals surface area contributed by atoms with Crippen molar-refractivity contribution in [1.29, 1.82) is 0 Å². The molecule has 1 aliphatic rings. The highest BCUT2D eigenvalue weighted by Gasteiger charge is 2.46. The van der Waals surface area contributed by atoms with Gasteiger partial charge in [-0.3, -0.25) is 9.59 Å². The quantitative estimate of drug-likeness (QED) is 0.244. The molecular formula is C26H33N3O6. The minimum atomic E-state index is -0.787. The molecule has 2 aromatic rings. The van der Waals surface area contributed by atoms with E-state index in [1.165, 1.54) is 12.0 Å². The van der Waals surface area contributed by atoms with Crippen LogP contribution in [0, 0.1) is 13.8 Å². The summed E-state index contributed by atoms with van der Waals surface area (Å²) in [6.07, 6.45) is 0.870. The van der Waals surface area contributed by atoms with Gasteiger partial charge >= 0.3 is 5.97 Å². The van der Waals surface area contributed by atoms with Crippen LogP contribution < -0.4 is 4.74 Å². The number of Topliss-reactive ketones (excluding diaryl/α,β-unsaturated/α-hetero) is 1. The Morgan fingerprint density at radius 3 is 2.40 bits per heavy atom. The SMILES string of the molecule is CCCOc1ccc([C@@H]2/C(=C(/O)c3c(C)[nH]c(C(=O)OC)c3C)C(=O)C(=O)N2CCN(C)C)cc1. The summed E-state index contributed by atoms with van der Waals surface area (Å²) in [6, 6.07) is 6.39. The van der Waals surface area contributed by atoms with Crippen LogP contribution in [0.4, 0.5) is 0 Å². The Labute approximate surface area is 205 Å². The number of methoxy groups -OCH3 is 1. The molecule has 1 amide bonds. The second-order valence-corrected chi connectivity index (χ2v) is 8.83. The molecule has 9 heteroatoms. The fourth-order valence-electron chi connectivity index (χ4n) is 4.28. The van der Waals surface area contributed by atoms with Crippen molar-refractivity contribution in [1.82, 2.24) is 14.8 Å². The van der Waals surface area contributed by atoms with Crippen molar-refractivity contribution in [2.45, 2.75) is 33.2 Å². The van der Waals surface area contributed by atoms with E-state index in [4.69, 9.17) is 9.47 Å². The molecule has 2 heterocycles. The van der Waals surface area contributed by atoms with Crippen LogP contribution in [0.5, 0.6) is 5.75 Å². The number of aliphatic hydroxyl groups is 1. The van der Waals surface area contributed by atoms with Gasteiger partial charge in [-0.05, 0) is 57.6 Å². The molecule has 0 bridgehead atoms. The van der Waals surface area contributed by atoms with Crippen molar-refractivity contribution in [3.63, 3.8) is 0 Å². The summed E-state index contributed by atoms with van der Waals surface area (Å²) in [6.45, 7) is 6.77. The third-order valence-corrected chi connectivity index (χ3v) is 6.06. The minimum Gasteiger partial charge on any atom is -0.507 e. The average molecular weight is 484 g/mol. The number of hydrogen-bond donors (Lipinski definition) is 2. The number of nitrogens with zero attached hydrogens (tertiary/aromatic N) is 2. The number of likely N-dealkylation sites (tertiary alicyclic amines) is 1. The van der Waals surface area contributed by atoms with Gasteiger partial charge in [0, 0.05) is 24.3 Å². The highest BCUT2D eigenvalue weighted by atomic mass is 16.5. The first-order valence-corrected chi connectivity index (χ1v) is 11.6. The van der Waals surface area contributed by atoms with Crippen LogP contribution in [0.2, 0.25) is 0 Å². The first kappa shape index (κ1) is 26.0. The Morgan fingerprint density at radius 1 is 1.17 bits per heavy atom. The molecule has 1 aromatic heterocycles. The third-order valence-electron chi connectivity index (χ3n) is 6.06. The second kappa shape index (κ2) is 10.8. The van der Waals surface area contributed by atoms with E-state index in [1.807, 2.05) is 25.9 Å². The van der Waals surface area contributed by atoms with E-state index in [1.54, 1.807) is 38.1 Å². The molecule has 0 saturated carbocycles. The zero-order chi connectivity index (χ0) is 25.9. The normalized spacial score (nSPS) is 17.3. The van der Waals surface area contributed by atoms with Gasteiger partial charge in [0.15, 0.2) is 0 Å². The van der Waals surface area contributed by atoms with Crippen molar-refractivity contribution in [2.75, 3.05) is 40.9 Å². The Morgan fingerprint density at radius 2 is 1.83 bits per heavy atom. The van der Waals surface area contributed by atoms with Gasteiger partial charge in [-0.25, -0.2) is 4.79 Å². The minimum absolute atomic E-state index is 0.0161. The molecule has 1 fully saturated rings. The van der Waals surface area contributed by atoms with Crippen molar-refractivity contribution in [2.24, 2.45) is 0 Å². The van der Waals surface area contributed by atoms with Crippen LogP contribution in [-0.4, -0.2) is 78.5 Å². The number of aromatic nitrogens is 1. The maximum absolute atomic E-state index is 13.2. The molecule has 1 atom stereocenters. The summed E-state index contributed by atoms with van der Waals surface area (Å²) < 4.78 is 10.5. The number of hydrogen-bond acceptors (Lipinski definition) is 7. The average Bonchev–Trinajstić information content (AvgIpc) is 3.27. The predicted molar refractivity (Wildman–Crippen MR) is 131 cm³/mol. The van der Waals surface area contributed by atoms with E-state index < -0.39 is 23.7 Å². The lowest BCUT2D eigenvalue weighted by molar-refractivity contribution is -0.140. The zero-order valence-electron chi connectivity index (χ0n) is 21.1. The summed E-state index contributed by atoms with van der Waals surface area (Å²) in [4.78, 5) is 44.8. The van der Waals surface area contributed by atoms with E-state index in [0.29, 0.717) is 47.8 Å². The standard InChI is InChI=1S/C26H33N3O6/c1-7-14-35-18-10-8-17(9-11-18)22-20(24(31)25(32)29(22)13-12-28(4)5)23(30)19-15(2)21(26(33)34-6)27-16(19)3/h8-11,22,27,30H,7,12-14H2,1-6H3/b23-20-/t22-/m1/s1. The van der Waals surface area contributed by atoms with Crippen LogP contribution in [0.3, 0.4) is 0 Å². The van der Waals surface area contributed by atoms with Gasteiger partial charge in [-0.1, -0.05) is 19.1 Å². The monoisotopic (exact) mass is 483 g/mol. The van der Waals surface area contributed by atoms with Crippen LogP contribution in [-0.2, 0) is 14.3 Å². The fraction of sp³-hybridized carbons (Fsp3) is 0.423. The molecule has 9 nitrogen and oxygen atoms in total. The summed E-state index contributed by atoms with van der Waals surface area (Å²) >= 11 is 0. The number of amides is 1. The number of ketones is 1. The van der Waals surface area contributed by atoms with Gasteiger partial charge in [0.25, 0.3) is 11.7 Å². The highest BCUT2D eigenvalue weighted by molar-refractivity contribution is 6.46. The highest BCUT2D eigenvalue weighted by Crippen LogP contribution is 2.41. The van der Waals surface area contributed by atoms with E-state index in [2.05, 4.69) is 4.98 Å². The summed E-state index contributed by atoms with van der Waals surface area (Å²) in [7, 11) is 5.03. The topological polar surface area (TPSA) is 112 Å². The lowest BCUT2D eigenvalue weighted by Gasteiger charge is -2.26. The van der Waals surface area contributed by atoms with Gasteiger partial charge in [0.05, 0.1) is 25.3 Å². The smallest absolute Gasteiger partial charge is 0.354 e. The number of rotatable bonds is 9. The summed E-state index contributed by atoms with van der Waals surface area (Å²) in [5.41, 5.74) is 2.08. The largest absolute Gasteiger partial charge is 0.507 e. The molecule has 1 aromatic carbocycles. The maximum atomic E-state index is 13.2. The van der Waals surface area contributed by atoms with Gasteiger partial charge in [0.2, 0.25) is 0 Å². The molecule has 1 saturated heterocycles.